The van der Waals surface area contributed by atoms with Crippen LogP contribution in [0.25, 0.3) is 0 Å². The van der Waals surface area contributed by atoms with E-state index in [-0.39, 0.29) is 35.4 Å². The number of hydrogen-bond acceptors (Lipinski definition) is 4. The first-order valence-corrected chi connectivity index (χ1v) is 10.9. The molecule has 0 saturated carbocycles. The quantitative estimate of drug-likeness (QED) is 0.535. The van der Waals surface area contributed by atoms with Crippen molar-refractivity contribution < 1.29 is 18.0 Å². The number of carbonyl (C=O) groups is 2. The Morgan fingerprint density at radius 3 is 2.53 bits per heavy atom. The third kappa shape index (κ3) is 7.03. The first-order valence-electron chi connectivity index (χ1n) is 9.41. The zero-order valence-corrected chi connectivity index (χ0v) is 17.8. The second-order valence-corrected chi connectivity index (χ2v) is 8.85. The molecule has 0 spiro atoms. The van der Waals surface area contributed by atoms with E-state index in [4.69, 9.17) is 6.42 Å². The fourth-order valence-corrected chi connectivity index (χ4v) is 3.63. The monoisotopic (exact) mass is 427 g/mol. The van der Waals surface area contributed by atoms with Crippen molar-refractivity contribution in [2.75, 3.05) is 11.9 Å². The van der Waals surface area contributed by atoms with E-state index in [0.717, 1.165) is 5.56 Å². The average Bonchev–Trinajstić information content (AvgIpc) is 2.70. The van der Waals surface area contributed by atoms with Crippen LogP contribution >= 0.6 is 0 Å². The number of hydrogen-bond donors (Lipinski definition) is 3. The Kier molecular flexibility index (Phi) is 8.16. The van der Waals surface area contributed by atoms with Gasteiger partial charge in [0.05, 0.1) is 11.4 Å². The predicted molar refractivity (Wildman–Crippen MR) is 116 cm³/mol. The lowest BCUT2D eigenvalue weighted by Gasteiger charge is -2.10. The molecule has 0 bridgehead atoms. The molecule has 2 rings (SSSR count). The van der Waals surface area contributed by atoms with Crippen LogP contribution in [0.2, 0.25) is 0 Å². The Bertz CT molecular complexity index is 1060. The van der Waals surface area contributed by atoms with Crippen molar-refractivity contribution in [1.29, 1.82) is 0 Å². The van der Waals surface area contributed by atoms with Crippen LogP contribution in [0.4, 0.5) is 5.69 Å². The highest BCUT2D eigenvalue weighted by atomic mass is 32.2. The number of benzene rings is 2. The van der Waals surface area contributed by atoms with Gasteiger partial charge in [0.1, 0.15) is 0 Å². The summed E-state index contributed by atoms with van der Waals surface area (Å²) < 4.78 is 26.6. The third-order valence-corrected chi connectivity index (χ3v) is 5.43. The second-order valence-electron chi connectivity index (χ2n) is 7.09. The van der Waals surface area contributed by atoms with Crippen molar-refractivity contribution >= 4 is 27.5 Å². The topological polar surface area (TPSA) is 104 Å². The molecule has 0 aliphatic rings. The third-order valence-electron chi connectivity index (χ3n) is 4.03. The van der Waals surface area contributed by atoms with E-state index >= 15 is 0 Å². The highest BCUT2D eigenvalue weighted by Crippen LogP contribution is 2.14. The number of carbonyl (C=O) groups excluding carboxylic acids is 2. The van der Waals surface area contributed by atoms with E-state index in [1.54, 1.807) is 18.2 Å². The molecule has 0 aliphatic heterocycles. The van der Waals surface area contributed by atoms with Gasteiger partial charge in [-0.3, -0.25) is 9.59 Å². The van der Waals surface area contributed by atoms with E-state index in [0.29, 0.717) is 12.1 Å². The Balaban J connectivity index is 2.03. The van der Waals surface area contributed by atoms with Gasteiger partial charge in [-0.05, 0) is 41.8 Å². The summed E-state index contributed by atoms with van der Waals surface area (Å²) in [5.41, 5.74) is 1.66. The van der Waals surface area contributed by atoms with Crippen molar-refractivity contribution in [3.8, 4) is 12.3 Å². The summed E-state index contributed by atoms with van der Waals surface area (Å²) in [5.74, 6) is 1.97. The highest BCUT2D eigenvalue weighted by molar-refractivity contribution is 7.89. The van der Waals surface area contributed by atoms with Crippen LogP contribution in [-0.4, -0.2) is 26.8 Å². The first kappa shape index (κ1) is 23.1. The summed E-state index contributed by atoms with van der Waals surface area (Å²) in [7, 11) is -3.78. The molecule has 0 saturated heterocycles. The molecule has 2 amide bonds. The predicted octanol–water partition coefficient (Wildman–Crippen LogP) is 2.51. The second kappa shape index (κ2) is 10.6. The minimum atomic E-state index is -3.78. The van der Waals surface area contributed by atoms with Crippen molar-refractivity contribution in [3.05, 3.63) is 59.7 Å². The summed E-state index contributed by atoms with van der Waals surface area (Å²) in [6.07, 6.45) is 5.51. The molecule has 0 unspecified atom stereocenters. The maximum atomic E-state index is 12.5. The van der Waals surface area contributed by atoms with Crippen molar-refractivity contribution in [2.24, 2.45) is 5.92 Å². The van der Waals surface area contributed by atoms with E-state index in [2.05, 4.69) is 21.3 Å². The van der Waals surface area contributed by atoms with Crippen molar-refractivity contribution in [1.82, 2.24) is 10.0 Å². The number of sulfonamides is 1. The van der Waals surface area contributed by atoms with E-state index in [1.807, 2.05) is 19.9 Å². The maximum absolute atomic E-state index is 12.5. The molecule has 7 nitrogen and oxygen atoms in total. The minimum Gasteiger partial charge on any atom is -0.348 e. The molecule has 158 valence electrons. The number of terminal acetylenes is 1. The van der Waals surface area contributed by atoms with Gasteiger partial charge in [-0.2, -0.15) is 4.72 Å². The Hall–Kier alpha value is -3.15. The summed E-state index contributed by atoms with van der Waals surface area (Å²) in [6, 6.07) is 12.9. The molecule has 2 aromatic rings. The van der Waals surface area contributed by atoms with Crippen LogP contribution in [0, 0.1) is 18.3 Å². The average molecular weight is 428 g/mol. The molecule has 0 aliphatic carbocycles. The highest BCUT2D eigenvalue weighted by Gasteiger charge is 2.15. The van der Waals surface area contributed by atoms with Gasteiger partial charge in [0.2, 0.25) is 15.9 Å². The molecule has 0 radical (unpaired) electrons. The normalized spacial score (nSPS) is 11.0. The lowest BCUT2D eigenvalue weighted by atomic mass is 10.1. The summed E-state index contributed by atoms with van der Waals surface area (Å²) in [6.45, 7) is 4.02. The standard InChI is InChI=1S/C22H25N3O4S/c1-4-11-24-30(28,29)20-10-6-8-18(14-20)22(27)23-15-17-7-5-9-19(13-17)25-21(26)12-16(2)3/h1,5-10,13-14,16,24H,11-12,15H2,2-3H3,(H,23,27)(H,25,26). The van der Waals surface area contributed by atoms with E-state index < -0.39 is 15.9 Å². The lowest BCUT2D eigenvalue weighted by molar-refractivity contribution is -0.116. The largest absolute Gasteiger partial charge is 0.348 e. The van der Waals surface area contributed by atoms with Gasteiger partial charge >= 0.3 is 0 Å². The molecule has 30 heavy (non-hydrogen) atoms. The van der Waals surface area contributed by atoms with Gasteiger partial charge in [-0.15, -0.1) is 6.42 Å². The Morgan fingerprint density at radius 1 is 1.10 bits per heavy atom. The van der Waals surface area contributed by atoms with E-state index in [9.17, 15) is 18.0 Å². The lowest BCUT2D eigenvalue weighted by Crippen LogP contribution is -2.26. The molecule has 8 heteroatoms. The zero-order chi connectivity index (χ0) is 22.1. The van der Waals surface area contributed by atoms with Gasteiger partial charge in [0.15, 0.2) is 0 Å². The SMILES string of the molecule is C#CCNS(=O)(=O)c1cccc(C(=O)NCc2cccc(NC(=O)CC(C)C)c2)c1. The molecule has 0 fully saturated rings. The first-order chi connectivity index (χ1) is 14.2. The molecular weight excluding hydrogens is 402 g/mol. The van der Waals surface area contributed by atoms with Crippen LogP contribution in [0.5, 0.6) is 0 Å². The van der Waals surface area contributed by atoms with Gasteiger partial charge in [-0.25, -0.2) is 8.42 Å². The van der Waals surface area contributed by atoms with Crippen LogP contribution in [-0.2, 0) is 21.4 Å². The Morgan fingerprint density at radius 2 is 1.83 bits per heavy atom. The number of rotatable bonds is 9. The zero-order valence-electron chi connectivity index (χ0n) is 16.9. The van der Waals surface area contributed by atoms with Crippen LogP contribution in [0.15, 0.2) is 53.4 Å². The summed E-state index contributed by atoms with van der Waals surface area (Å²) >= 11 is 0. The molecule has 0 aromatic heterocycles. The van der Waals surface area contributed by atoms with Gasteiger partial charge in [0.25, 0.3) is 5.91 Å². The van der Waals surface area contributed by atoms with Crippen LogP contribution < -0.4 is 15.4 Å². The molecule has 0 atom stereocenters. The fraction of sp³-hybridized carbons (Fsp3) is 0.273. The minimum absolute atomic E-state index is 0.0414. The van der Waals surface area contributed by atoms with Gasteiger partial charge < -0.3 is 10.6 Å². The molecule has 2 aromatic carbocycles. The smallest absolute Gasteiger partial charge is 0.251 e. The molecular formula is C22H25N3O4S. The number of anilines is 1. The maximum Gasteiger partial charge on any atom is 0.251 e. The Labute approximate surface area is 177 Å². The molecule has 0 heterocycles. The van der Waals surface area contributed by atoms with Crippen molar-refractivity contribution in [3.63, 3.8) is 0 Å². The van der Waals surface area contributed by atoms with Gasteiger partial charge in [0, 0.05) is 24.2 Å². The van der Waals surface area contributed by atoms with Crippen LogP contribution in [0.1, 0.15) is 36.2 Å². The van der Waals surface area contributed by atoms with E-state index in [1.165, 1.54) is 24.3 Å². The van der Waals surface area contributed by atoms with Crippen molar-refractivity contribution in [2.45, 2.75) is 31.7 Å². The molecule has 3 N–H and O–H groups in total. The fourth-order valence-electron chi connectivity index (χ4n) is 2.65. The summed E-state index contributed by atoms with van der Waals surface area (Å²) in [4.78, 5) is 24.3. The van der Waals surface area contributed by atoms with Gasteiger partial charge in [-0.1, -0.05) is 38.0 Å². The number of nitrogens with one attached hydrogen (secondary N) is 3. The van der Waals surface area contributed by atoms with Crippen LogP contribution in [0.3, 0.4) is 0 Å². The summed E-state index contributed by atoms with van der Waals surface area (Å²) in [5, 5.41) is 5.59. The number of amides is 2.